The van der Waals surface area contributed by atoms with Gasteiger partial charge in [-0.3, -0.25) is 0 Å². The molecule has 5 nitrogen and oxygen atoms in total. The van der Waals surface area contributed by atoms with E-state index in [0.717, 1.165) is 43.4 Å². The van der Waals surface area contributed by atoms with Gasteiger partial charge in [0.1, 0.15) is 0 Å². The number of nitrogens with zero attached hydrogens (tertiary/aromatic N) is 2. The lowest BCUT2D eigenvalue weighted by atomic mass is 10.2. The minimum absolute atomic E-state index is 0.310. The summed E-state index contributed by atoms with van der Waals surface area (Å²) in [7, 11) is 0. The summed E-state index contributed by atoms with van der Waals surface area (Å²) < 4.78 is 11.2. The van der Waals surface area contributed by atoms with Crippen molar-refractivity contribution in [3.05, 3.63) is 30.5 Å². The van der Waals surface area contributed by atoms with Crippen molar-refractivity contribution in [1.29, 1.82) is 0 Å². The average molecular weight is 273 g/mol. The van der Waals surface area contributed by atoms with Gasteiger partial charge < -0.3 is 14.8 Å². The highest BCUT2D eigenvalue weighted by Gasteiger charge is 2.12. The molecule has 1 atom stereocenters. The number of nitrogens with one attached hydrogen (secondary N) is 1. The largest absolute Gasteiger partial charge is 0.463 e. The van der Waals surface area contributed by atoms with Crippen LogP contribution in [0, 0.1) is 0 Å². The molecule has 0 aliphatic carbocycles. The minimum atomic E-state index is 0.310. The molecule has 1 saturated heterocycles. The van der Waals surface area contributed by atoms with Crippen LogP contribution in [0.2, 0.25) is 0 Å². The van der Waals surface area contributed by atoms with Crippen molar-refractivity contribution in [1.82, 2.24) is 15.3 Å². The van der Waals surface area contributed by atoms with Crippen molar-refractivity contribution in [2.24, 2.45) is 0 Å². The molecule has 1 aliphatic heterocycles. The van der Waals surface area contributed by atoms with E-state index in [9.17, 15) is 0 Å². The number of rotatable bonds is 5. The third-order valence-electron chi connectivity index (χ3n) is 3.37. The van der Waals surface area contributed by atoms with E-state index in [1.165, 1.54) is 0 Å². The van der Waals surface area contributed by atoms with Crippen LogP contribution in [0.4, 0.5) is 0 Å². The summed E-state index contributed by atoms with van der Waals surface area (Å²) in [6, 6.07) is 8.35. The van der Waals surface area contributed by atoms with Crippen LogP contribution in [0.1, 0.15) is 12.8 Å². The Morgan fingerprint density at radius 2 is 2.30 bits per heavy atom. The average Bonchev–Trinajstić information content (AvgIpc) is 2.52. The topological polar surface area (TPSA) is 56.3 Å². The first-order valence-corrected chi connectivity index (χ1v) is 7.09. The molecule has 1 aromatic carbocycles. The van der Waals surface area contributed by atoms with Crippen LogP contribution in [0.25, 0.3) is 10.9 Å². The Kier molecular flexibility index (Phi) is 4.40. The predicted octanol–water partition coefficient (Wildman–Crippen LogP) is 1.78. The van der Waals surface area contributed by atoms with Crippen LogP contribution < -0.4 is 10.1 Å². The maximum Gasteiger partial charge on any atom is 0.316 e. The Hall–Kier alpha value is -1.72. The number of fused-ring (bicyclic) bond motifs is 1. The van der Waals surface area contributed by atoms with Gasteiger partial charge in [0.05, 0.1) is 24.8 Å². The van der Waals surface area contributed by atoms with Crippen LogP contribution in [0.3, 0.4) is 0 Å². The third kappa shape index (κ3) is 3.43. The molecule has 1 unspecified atom stereocenters. The number of hydrogen-bond donors (Lipinski definition) is 1. The molecule has 5 heteroatoms. The lowest BCUT2D eigenvalue weighted by Gasteiger charge is -2.23. The van der Waals surface area contributed by atoms with Crippen molar-refractivity contribution < 1.29 is 9.47 Å². The lowest BCUT2D eigenvalue weighted by Crippen LogP contribution is -2.38. The van der Waals surface area contributed by atoms with E-state index < -0.39 is 0 Å². The van der Waals surface area contributed by atoms with E-state index in [0.29, 0.717) is 18.7 Å². The monoisotopic (exact) mass is 273 g/mol. The molecule has 1 aliphatic rings. The second-order valence-electron chi connectivity index (χ2n) is 4.90. The summed E-state index contributed by atoms with van der Waals surface area (Å²) in [6.07, 6.45) is 4.06. The van der Waals surface area contributed by atoms with Crippen LogP contribution >= 0.6 is 0 Å². The zero-order valence-electron chi connectivity index (χ0n) is 11.4. The van der Waals surface area contributed by atoms with Crippen LogP contribution in [0.15, 0.2) is 30.5 Å². The fourth-order valence-corrected chi connectivity index (χ4v) is 2.30. The van der Waals surface area contributed by atoms with Crippen molar-refractivity contribution in [2.45, 2.75) is 18.9 Å². The molecule has 1 aromatic heterocycles. The van der Waals surface area contributed by atoms with Gasteiger partial charge in [-0.15, -0.1) is 0 Å². The number of para-hydroxylation sites is 1. The second-order valence-corrected chi connectivity index (χ2v) is 4.90. The van der Waals surface area contributed by atoms with Gasteiger partial charge in [-0.1, -0.05) is 18.2 Å². The Balaban J connectivity index is 1.47. The molecule has 3 rings (SSSR count). The van der Waals surface area contributed by atoms with Gasteiger partial charge in [0, 0.05) is 24.7 Å². The zero-order valence-corrected chi connectivity index (χ0v) is 11.4. The third-order valence-corrected chi connectivity index (χ3v) is 3.37. The Bertz CT molecular complexity index is 556. The van der Waals surface area contributed by atoms with Gasteiger partial charge in [0.25, 0.3) is 0 Å². The maximum atomic E-state index is 5.64. The van der Waals surface area contributed by atoms with Crippen LogP contribution in [0.5, 0.6) is 6.01 Å². The summed E-state index contributed by atoms with van der Waals surface area (Å²) >= 11 is 0. The maximum absolute atomic E-state index is 5.64. The van der Waals surface area contributed by atoms with Crippen LogP contribution in [-0.2, 0) is 4.74 Å². The highest BCUT2D eigenvalue weighted by atomic mass is 16.5. The Labute approximate surface area is 118 Å². The van der Waals surface area contributed by atoms with Gasteiger partial charge >= 0.3 is 6.01 Å². The molecule has 0 spiro atoms. The van der Waals surface area contributed by atoms with E-state index in [4.69, 9.17) is 9.47 Å². The molecule has 0 bridgehead atoms. The quantitative estimate of drug-likeness (QED) is 0.842. The predicted molar refractivity (Wildman–Crippen MR) is 76.9 cm³/mol. The van der Waals surface area contributed by atoms with Gasteiger partial charge in [-0.25, -0.2) is 4.98 Å². The molecule has 0 saturated carbocycles. The number of morpholine rings is 1. The van der Waals surface area contributed by atoms with E-state index in [1.54, 1.807) is 6.20 Å². The SMILES string of the molecule is c1ccc2nc(OCCCC3CNCCO3)ncc2c1. The molecule has 1 N–H and O–H groups in total. The first-order valence-electron chi connectivity index (χ1n) is 7.09. The fourth-order valence-electron chi connectivity index (χ4n) is 2.30. The normalized spacial score (nSPS) is 19.1. The smallest absolute Gasteiger partial charge is 0.316 e. The molecule has 1 fully saturated rings. The number of hydrogen-bond acceptors (Lipinski definition) is 5. The van der Waals surface area contributed by atoms with Crippen molar-refractivity contribution in [3.63, 3.8) is 0 Å². The molecule has 2 heterocycles. The molecule has 106 valence electrons. The summed E-state index contributed by atoms with van der Waals surface area (Å²) in [5.74, 6) is 0. The molecule has 0 amide bonds. The van der Waals surface area contributed by atoms with Crippen molar-refractivity contribution in [3.8, 4) is 6.01 Å². The molecular formula is C15H19N3O2. The number of aromatic nitrogens is 2. The number of ether oxygens (including phenoxy) is 2. The van der Waals surface area contributed by atoms with Gasteiger partial charge in [-0.05, 0) is 18.9 Å². The van der Waals surface area contributed by atoms with E-state index in [2.05, 4.69) is 15.3 Å². The van der Waals surface area contributed by atoms with Gasteiger partial charge in [-0.2, -0.15) is 4.98 Å². The highest BCUT2D eigenvalue weighted by Crippen LogP contribution is 2.13. The van der Waals surface area contributed by atoms with Gasteiger partial charge in [0.2, 0.25) is 0 Å². The first-order chi connectivity index (χ1) is 9.92. The van der Waals surface area contributed by atoms with E-state index in [-0.39, 0.29) is 0 Å². The molecule has 0 radical (unpaired) electrons. The first kappa shape index (κ1) is 13.3. The summed E-state index contributed by atoms with van der Waals surface area (Å²) in [5, 5.41) is 4.35. The van der Waals surface area contributed by atoms with Crippen LogP contribution in [-0.4, -0.2) is 42.4 Å². The summed E-state index contributed by atoms with van der Waals surface area (Å²) in [5.41, 5.74) is 0.914. The van der Waals surface area contributed by atoms with E-state index in [1.807, 2.05) is 24.3 Å². The molecular weight excluding hydrogens is 254 g/mol. The summed E-state index contributed by atoms with van der Waals surface area (Å²) in [4.78, 5) is 8.60. The molecule has 20 heavy (non-hydrogen) atoms. The summed E-state index contributed by atoms with van der Waals surface area (Å²) in [6.45, 7) is 3.32. The van der Waals surface area contributed by atoms with Crippen molar-refractivity contribution in [2.75, 3.05) is 26.3 Å². The highest BCUT2D eigenvalue weighted by molar-refractivity contribution is 5.77. The van der Waals surface area contributed by atoms with Crippen molar-refractivity contribution >= 4 is 10.9 Å². The second kappa shape index (κ2) is 6.63. The Morgan fingerprint density at radius 3 is 3.20 bits per heavy atom. The Morgan fingerprint density at radius 1 is 1.35 bits per heavy atom. The molecule has 2 aromatic rings. The van der Waals surface area contributed by atoms with E-state index >= 15 is 0 Å². The standard InChI is InChI=1S/C15H19N3O2/c1-2-6-14-12(4-1)10-17-15(18-14)20-8-3-5-13-11-16-7-9-19-13/h1-2,4,6,10,13,16H,3,5,7-9,11H2. The lowest BCUT2D eigenvalue weighted by molar-refractivity contribution is 0.0202. The number of benzene rings is 1. The fraction of sp³-hybridized carbons (Fsp3) is 0.467. The minimum Gasteiger partial charge on any atom is -0.463 e. The zero-order chi connectivity index (χ0) is 13.6. The van der Waals surface area contributed by atoms with Gasteiger partial charge in [0.15, 0.2) is 0 Å².